The normalized spacial score (nSPS) is 11.9. The lowest BCUT2D eigenvalue weighted by molar-refractivity contribution is 0.615. The van der Waals surface area contributed by atoms with Gasteiger partial charge in [-0.3, -0.25) is 4.99 Å². The van der Waals surface area contributed by atoms with Gasteiger partial charge in [0.2, 0.25) is 0 Å². The van der Waals surface area contributed by atoms with Gasteiger partial charge in [0.15, 0.2) is 5.96 Å². The highest BCUT2D eigenvalue weighted by Gasteiger charge is 2.00. The molecule has 0 saturated heterocycles. The average molecular weight is 239 g/mol. The van der Waals surface area contributed by atoms with Crippen molar-refractivity contribution < 1.29 is 0 Å². The first-order chi connectivity index (χ1) is 7.61. The Kier molecular flexibility index (Phi) is 5.32. The number of aliphatic imine (C=N–C) groups is 1. The molecule has 0 amide bonds. The van der Waals surface area contributed by atoms with Crippen LogP contribution in [0.1, 0.15) is 23.6 Å². The molecule has 0 saturated carbocycles. The van der Waals surface area contributed by atoms with Crippen LogP contribution in [-0.4, -0.2) is 19.6 Å². The third-order valence-corrected chi connectivity index (χ3v) is 3.13. The molecule has 0 spiro atoms. The molecule has 0 fully saturated rings. The largest absolute Gasteiger partial charge is 0.356 e. The van der Waals surface area contributed by atoms with Gasteiger partial charge in [-0.1, -0.05) is 13.8 Å². The second-order valence-corrected chi connectivity index (χ2v) is 5.59. The fraction of sp³-hybridized carbons (Fsp3) is 0.583. The monoisotopic (exact) mass is 239 g/mol. The van der Waals surface area contributed by atoms with Crippen LogP contribution in [0.2, 0.25) is 0 Å². The SMILES string of the molecule is CN=C(NCc1ccc(C)s1)NCC(C)C. The zero-order valence-corrected chi connectivity index (χ0v) is 11.3. The van der Waals surface area contributed by atoms with Gasteiger partial charge in [-0.25, -0.2) is 0 Å². The van der Waals surface area contributed by atoms with Gasteiger partial charge in [-0.15, -0.1) is 11.3 Å². The number of hydrogen-bond donors (Lipinski definition) is 2. The van der Waals surface area contributed by atoms with Gasteiger partial charge in [0.25, 0.3) is 0 Å². The Bertz CT molecular complexity index is 342. The Morgan fingerprint density at radius 1 is 1.38 bits per heavy atom. The van der Waals surface area contributed by atoms with Gasteiger partial charge >= 0.3 is 0 Å². The number of thiophene rings is 1. The van der Waals surface area contributed by atoms with Crippen LogP contribution in [-0.2, 0) is 6.54 Å². The number of rotatable bonds is 4. The van der Waals surface area contributed by atoms with Gasteiger partial charge < -0.3 is 10.6 Å². The number of guanidine groups is 1. The summed E-state index contributed by atoms with van der Waals surface area (Å²) in [6.45, 7) is 8.28. The predicted molar refractivity (Wildman–Crippen MR) is 72.1 cm³/mol. The quantitative estimate of drug-likeness (QED) is 0.625. The molecule has 3 nitrogen and oxygen atoms in total. The summed E-state index contributed by atoms with van der Waals surface area (Å²) in [6, 6.07) is 4.30. The molecule has 16 heavy (non-hydrogen) atoms. The molecule has 2 N–H and O–H groups in total. The second kappa shape index (κ2) is 6.53. The molecule has 0 aliphatic rings. The molecule has 0 atom stereocenters. The van der Waals surface area contributed by atoms with Crippen molar-refractivity contribution in [1.82, 2.24) is 10.6 Å². The van der Waals surface area contributed by atoms with E-state index >= 15 is 0 Å². The first-order valence-electron chi connectivity index (χ1n) is 5.61. The lowest BCUT2D eigenvalue weighted by atomic mass is 10.2. The maximum atomic E-state index is 4.18. The molecule has 1 aromatic rings. The molecule has 0 unspecified atom stereocenters. The summed E-state index contributed by atoms with van der Waals surface area (Å²) >= 11 is 1.82. The predicted octanol–water partition coefficient (Wildman–Crippen LogP) is 2.38. The van der Waals surface area contributed by atoms with E-state index in [1.54, 1.807) is 7.05 Å². The number of aryl methyl sites for hydroxylation is 1. The highest BCUT2D eigenvalue weighted by molar-refractivity contribution is 7.11. The number of nitrogens with one attached hydrogen (secondary N) is 2. The van der Waals surface area contributed by atoms with Crippen LogP contribution in [0, 0.1) is 12.8 Å². The van der Waals surface area contributed by atoms with Crippen LogP contribution in [0.15, 0.2) is 17.1 Å². The highest BCUT2D eigenvalue weighted by Crippen LogP contribution is 2.14. The standard InChI is InChI=1S/C12H21N3S/c1-9(2)7-14-12(13-4)15-8-11-6-5-10(3)16-11/h5-6,9H,7-8H2,1-4H3,(H2,13,14,15). The summed E-state index contributed by atoms with van der Waals surface area (Å²) in [5.41, 5.74) is 0. The van der Waals surface area contributed by atoms with Crippen molar-refractivity contribution in [2.75, 3.05) is 13.6 Å². The van der Waals surface area contributed by atoms with Gasteiger partial charge in [0.1, 0.15) is 0 Å². The lowest BCUT2D eigenvalue weighted by Gasteiger charge is -2.12. The summed E-state index contributed by atoms with van der Waals surface area (Å²) in [4.78, 5) is 6.87. The molecular weight excluding hydrogens is 218 g/mol. The van der Waals surface area contributed by atoms with Gasteiger partial charge in [0.05, 0.1) is 6.54 Å². The minimum atomic E-state index is 0.627. The molecule has 0 aromatic carbocycles. The third-order valence-electron chi connectivity index (χ3n) is 2.13. The van der Waals surface area contributed by atoms with E-state index in [2.05, 4.69) is 48.5 Å². The van der Waals surface area contributed by atoms with E-state index in [4.69, 9.17) is 0 Å². The van der Waals surface area contributed by atoms with Crippen molar-refractivity contribution in [3.05, 3.63) is 21.9 Å². The lowest BCUT2D eigenvalue weighted by Crippen LogP contribution is -2.38. The van der Waals surface area contributed by atoms with E-state index in [1.807, 2.05) is 11.3 Å². The smallest absolute Gasteiger partial charge is 0.191 e. The molecule has 1 rings (SSSR count). The van der Waals surface area contributed by atoms with Crippen molar-refractivity contribution in [3.63, 3.8) is 0 Å². The Morgan fingerprint density at radius 2 is 2.12 bits per heavy atom. The maximum Gasteiger partial charge on any atom is 0.191 e. The van der Waals surface area contributed by atoms with Crippen LogP contribution < -0.4 is 10.6 Å². The number of nitrogens with zero attached hydrogens (tertiary/aromatic N) is 1. The van der Waals surface area contributed by atoms with E-state index in [9.17, 15) is 0 Å². The topological polar surface area (TPSA) is 36.4 Å². The Balaban J connectivity index is 2.34. The fourth-order valence-electron chi connectivity index (χ4n) is 1.27. The minimum Gasteiger partial charge on any atom is -0.356 e. The minimum absolute atomic E-state index is 0.627. The Hall–Kier alpha value is -1.03. The molecule has 1 aromatic heterocycles. The van der Waals surface area contributed by atoms with Crippen LogP contribution in [0.25, 0.3) is 0 Å². The molecule has 0 radical (unpaired) electrons. The molecule has 0 bridgehead atoms. The average Bonchev–Trinajstić information content (AvgIpc) is 2.64. The first-order valence-corrected chi connectivity index (χ1v) is 6.43. The molecular formula is C12H21N3S. The van der Waals surface area contributed by atoms with Gasteiger partial charge in [-0.2, -0.15) is 0 Å². The fourth-order valence-corrected chi connectivity index (χ4v) is 2.10. The van der Waals surface area contributed by atoms with Crippen LogP contribution >= 0.6 is 11.3 Å². The van der Waals surface area contributed by atoms with E-state index in [0.717, 1.165) is 19.0 Å². The first kappa shape index (κ1) is 13.0. The van der Waals surface area contributed by atoms with Crippen molar-refractivity contribution >= 4 is 17.3 Å². The summed E-state index contributed by atoms with van der Waals surface area (Å²) < 4.78 is 0. The molecule has 0 aliphatic heterocycles. The van der Waals surface area contributed by atoms with E-state index in [1.165, 1.54) is 9.75 Å². The second-order valence-electron chi connectivity index (χ2n) is 4.21. The van der Waals surface area contributed by atoms with E-state index in [0.29, 0.717) is 5.92 Å². The summed E-state index contributed by atoms with van der Waals surface area (Å²) in [5.74, 6) is 1.50. The Labute approximate surface area is 102 Å². The van der Waals surface area contributed by atoms with Crippen molar-refractivity contribution in [2.45, 2.75) is 27.3 Å². The third kappa shape index (κ3) is 4.66. The van der Waals surface area contributed by atoms with Crippen LogP contribution in [0.3, 0.4) is 0 Å². The molecule has 4 heteroatoms. The van der Waals surface area contributed by atoms with Gasteiger partial charge in [-0.05, 0) is 25.0 Å². The summed E-state index contributed by atoms with van der Waals surface area (Å²) in [5, 5.41) is 6.59. The van der Waals surface area contributed by atoms with Crippen molar-refractivity contribution in [1.29, 1.82) is 0 Å². The Morgan fingerprint density at radius 3 is 2.62 bits per heavy atom. The van der Waals surface area contributed by atoms with E-state index in [-0.39, 0.29) is 0 Å². The molecule has 90 valence electrons. The van der Waals surface area contributed by atoms with E-state index < -0.39 is 0 Å². The molecule has 0 aliphatic carbocycles. The zero-order chi connectivity index (χ0) is 12.0. The van der Waals surface area contributed by atoms with Crippen molar-refractivity contribution in [3.8, 4) is 0 Å². The van der Waals surface area contributed by atoms with Crippen molar-refractivity contribution in [2.24, 2.45) is 10.9 Å². The zero-order valence-electron chi connectivity index (χ0n) is 10.5. The van der Waals surface area contributed by atoms with Crippen LogP contribution in [0.5, 0.6) is 0 Å². The maximum absolute atomic E-state index is 4.18. The van der Waals surface area contributed by atoms with Crippen LogP contribution in [0.4, 0.5) is 0 Å². The summed E-state index contributed by atoms with van der Waals surface area (Å²) in [7, 11) is 1.80. The highest BCUT2D eigenvalue weighted by atomic mass is 32.1. The molecule has 1 heterocycles. The number of hydrogen-bond acceptors (Lipinski definition) is 2. The summed E-state index contributed by atoms with van der Waals surface area (Å²) in [6.07, 6.45) is 0. The van der Waals surface area contributed by atoms with Gasteiger partial charge in [0, 0.05) is 23.3 Å².